The Kier molecular flexibility index (Phi) is 4.35. The van der Waals surface area contributed by atoms with Gasteiger partial charge >= 0.3 is 0 Å². The topological polar surface area (TPSA) is 53.1 Å². The number of nitrogens with two attached hydrogens (primary N) is 1. The smallest absolute Gasteiger partial charge is 0.121 e. The summed E-state index contributed by atoms with van der Waals surface area (Å²) in [6, 6.07) is 5.88. The van der Waals surface area contributed by atoms with Gasteiger partial charge in [-0.05, 0) is 31.0 Å². The molecule has 0 aliphatic rings. The SMILES string of the molecule is COc1ccc(C(N)Cc2c(Cl)c(C)nn2C)cc1C. The highest BCUT2D eigenvalue weighted by Crippen LogP contribution is 2.26. The molecule has 4 nitrogen and oxygen atoms in total. The summed E-state index contributed by atoms with van der Waals surface area (Å²) in [4.78, 5) is 0. The largest absolute Gasteiger partial charge is 0.496 e. The molecule has 0 aliphatic carbocycles. The Balaban J connectivity index is 2.23. The van der Waals surface area contributed by atoms with Crippen molar-refractivity contribution in [2.75, 3.05) is 7.11 Å². The molecule has 1 heterocycles. The lowest BCUT2D eigenvalue weighted by molar-refractivity contribution is 0.411. The van der Waals surface area contributed by atoms with E-state index in [0.717, 1.165) is 28.3 Å². The maximum Gasteiger partial charge on any atom is 0.121 e. The van der Waals surface area contributed by atoms with Crippen LogP contribution in [0.5, 0.6) is 5.75 Å². The minimum absolute atomic E-state index is 0.119. The average molecular weight is 294 g/mol. The number of methoxy groups -OCH3 is 1. The Labute approximate surface area is 124 Å². The van der Waals surface area contributed by atoms with E-state index < -0.39 is 0 Å². The van der Waals surface area contributed by atoms with Gasteiger partial charge in [-0.15, -0.1) is 0 Å². The Hall–Kier alpha value is -1.52. The maximum absolute atomic E-state index is 6.29. The number of halogens is 1. The van der Waals surface area contributed by atoms with Crippen molar-refractivity contribution in [3.8, 4) is 5.75 Å². The molecule has 2 N–H and O–H groups in total. The van der Waals surface area contributed by atoms with E-state index in [1.165, 1.54) is 0 Å². The minimum Gasteiger partial charge on any atom is -0.496 e. The predicted octanol–water partition coefficient (Wildman–Crippen LogP) is 2.94. The van der Waals surface area contributed by atoms with Crippen LogP contribution in [0.3, 0.4) is 0 Å². The standard InChI is InChI=1S/C15H20ClN3O/c1-9-7-11(5-6-14(9)20-4)12(17)8-13-15(16)10(2)18-19(13)3/h5-7,12H,8,17H2,1-4H3. The van der Waals surface area contributed by atoms with Crippen molar-refractivity contribution in [3.05, 3.63) is 45.7 Å². The summed E-state index contributed by atoms with van der Waals surface area (Å²) < 4.78 is 7.06. The van der Waals surface area contributed by atoms with E-state index >= 15 is 0 Å². The van der Waals surface area contributed by atoms with Crippen LogP contribution >= 0.6 is 11.6 Å². The molecule has 1 aromatic carbocycles. The molecule has 0 saturated heterocycles. The van der Waals surface area contributed by atoms with Crippen LogP contribution in [0.2, 0.25) is 5.02 Å². The highest BCUT2D eigenvalue weighted by molar-refractivity contribution is 6.31. The van der Waals surface area contributed by atoms with Crippen molar-refractivity contribution in [1.82, 2.24) is 9.78 Å². The molecule has 5 heteroatoms. The van der Waals surface area contributed by atoms with Crippen LogP contribution in [-0.2, 0) is 13.5 Å². The fraction of sp³-hybridized carbons (Fsp3) is 0.400. The molecular weight excluding hydrogens is 274 g/mol. The zero-order valence-electron chi connectivity index (χ0n) is 12.3. The van der Waals surface area contributed by atoms with Crippen molar-refractivity contribution < 1.29 is 4.74 Å². The molecule has 1 atom stereocenters. The highest BCUT2D eigenvalue weighted by Gasteiger charge is 2.16. The number of hydrogen-bond acceptors (Lipinski definition) is 3. The molecule has 2 rings (SSSR count). The number of aromatic nitrogens is 2. The average Bonchev–Trinajstić information content (AvgIpc) is 2.65. The van der Waals surface area contributed by atoms with Crippen molar-refractivity contribution >= 4 is 11.6 Å². The molecule has 1 aromatic heterocycles. The van der Waals surface area contributed by atoms with Crippen LogP contribution < -0.4 is 10.5 Å². The number of benzene rings is 1. The first-order chi connectivity index (χ1) is 9.43. The molecule has 0 saturated carbocycles. The third-order valence-electron chi connectivity index (χ3n) is 3.52. The van der Waals surface area contributed by atoms with Gasteiger partial charge in [-0.2, -0.15) is 5.10 Å². The minimum atomic E-state index is -0.119. The summed E-state index contributed by atoms with van der Waals surface area (Å²) in [5.74, 6) is 0.871. The fourth-order valence-corrected chi connectivity index (χ4v) is 2.60. The van der Waals surface area contributed by atoms with Crippen LogP contribution in [0, 0.1) is 13.8 Å². The van der Waals surface area contributed by atoms with Gasteiger partial charge in [0.2, 0.25) is 0 Å². The van der Waals surface area contributed by atoms with Gasteiger partial charge in [0.05, 0.1) is 23.5 Å². The lowest BCUT2D eigenvalue weighted by atomic mass is 10.0. The first-order valence-electron chi connectivity index (χ1n) is 6.52. The monoisotopic (exact) mass is 293 g/mol. The maximum atomic E-state index is 6.29. The number of aryl methyl sites for hydroxylation is 3. The third kappa shape index (κ3) is 2.81. The molecule has 1 unspecified atom stereocenters. The molecule has 0 radical (unpaired) electrons. The van der Waals surface area contributed by atoms with E-state index in [2.05, 4.69) is 11.2 Å². The normalized spacial score (nSPS) is 12.5. The predicted molar refractivity (Wildman–Crippen MR) is 81.3 cm³/mol. The molecule has 2 aromatic rings. The van der Waals surface area contributed by atoms with Crippen LogP contribution in [0.4, 0.5) is 0 Å². The third-order valence-corrected chi connectivity index (χ3v) is 4.01. The van der Waals surface area contributed by atoms with E-state index in [4.69, 9.17) is 22.1 Å². The Morgan fingerprint density at radius 3 is 2.60 bits per heavy atom. The lowest BCUT2D eigenvalue weighted by Gasteiger charge is -2.14. The van der Waals surface area contributed by atoms with Gasteiger partial charge in [0.15, 0.2) is 0 Å². The van der Waals surface area contributed by atoms with Crippen molar-refractivity contribution in [2.24, 2.45) is 12.8 Å². The molecule has 0 fully saturated rings. The highest BCUT2D eigenvalue weighted by atomic mass is 35.5. The summed E-state index contributed by atoms with van der Waals surface area (Å²) >= 11 is 6.27. The van der Waals surface area contributed by atoms with Gasteiger partial charge < -0.3 is 10.5 Å². The molecular formula is C15H20ClN3O. The molecule has 108 valence electrons. The van der Waals surface area contributed by atoms with Crippen LogP contribution in [-0.4, -0.2) is 16.9 Å². The molecule has 0 amide bonds. The summed E-state index contributed by atoms with van der Waals surface area (Å²) in [5, 5.41) is 5.01. The Morgan fingerprint density at radius 1 is 1.40 bits per heavy atom. The summed E-state index contributed by atoms with van der Waals surface area (Å²) in [6.45, 7) is 3.91. The number of ether oxygens (including phenoxy) is 1. The van der Waals surface area contributed by atoms with Gasteiger partial charge in [-0.25, -0.2) is 0 Å². The van der Waals surface area contributed by atoms with Gasteiger partial charge in [0.25, 0.3) is 0 Å². The first kappa shape index (κ1) is 14.9. The number of rotatable bonds is 4. The second kappa shape index (κ2) is 5.85. The summed E-state index contributed by atoms with van der Waals surface area (Å²) in [5.41, 5.74) is 10.2. The van der Waals surface area contributed by atoms with Gasteiger partial charge in [-0.1, -0.05) is 23.7 Å². The van der Waals surface area contributed by atoms with Crippen molar-refractivity contribution in [1.29, 1.82) is 0 Å². The number of hydrogen-bond donors (Lipinski definition) is 1. The van der Waals surface area contributed by atoms with Gasteiger partial charge in [-0.3, -0.25) is 4.68 Å². The molecule has 0 aliphatic heterocycles. The fourth-order valence-electron chi connectivity index (χ4n) is 2.36. The summed E-state index contributed by atoms with van der Waals surface area (Å²) in [7, 11) is 3.56. The van der Waals surface area contributed by atoms with E-state index in [1.54, 1.807) is 11.8 Å². The zero-order valence-corrected chi connectivity index (χ0v) is 13.0. The van der Waals surface area contributed by atoms with E-state index in [0.29, 0.717) is 11.4 Å². The zero-order chi connectivity index (χ0) is 14.9. The van der Waals surface area contributed by atoms with Crippen LogP contribution in [0.1, 0.15) is 28.6 Å². The van der Waals surface area contributed by atoms with Crippen LogP contribution in [0.15, 0.2) is 18.2 Å². The molecule has 20 heavy (non-hydrogen) atoms. The Morgan fingerprint density at radius 2 is 2.10 bits per heavy atom. The summed E-state index contributed by atoms with van der Waals surface area (Å²) in [6.07, 6.45) is 0.655. The van der Waals surface area contributed by atoms with Gasteiger partial charge in [0.1, 0.15) is 5.75 Å². The quantitative estimate of drug-likeness (QED) is 0.943. The Bertz CT molecular complexity index is 622. The van der Waals surface area contributed by atoms with Crippen molar-refractivity contribution in [2.45, 2.75) is 26.3 Å². The van der Waals surface area contributed by atoms with Crippen LogP contribution in [0.25, 0.3) is 0 Å². The number of nitrogens with zero attached hydrogens (tertiary/aromatic N) is 2. The second-order valence-electron chi connectivity index (χ2n) is 5.01. The van der Waals surface area contributed by atoms with Crippen molar-refractivity contribution in [3.63, 3.8) is 0 Å². The molecule has 0 spiro atoms. The van der Waals surface area contributed by atoms with Gasteiger partial charge in [0, 0.05) is 19.5 Å². The molecule has 0 bridgehead atoms. The second-order valence-corrected chi connectivity index (χ2v) is 5.39. The van der Waals surface area contributed by atoms with E-state index in [-0.39, 0.29) is 6.04 Å². The van der Waals surface area contributed by atoms with E-state index in [9.17, 15) is 0 Å². The van der Waals surface area contributed by atoms with E-state index in [1.807, 2.05) is 33.0 Å². The first-order valence-corrected chi connectivity index (χ1v) is 6.90. The lowest BCUT2D eigenvalue weighted by Crippen LogP contribution is -2.16.